The third-order valence-corrected chi connectivity index (χ3v) is 3.81. The third kappa shape index (κ3) is 3.30. The van der Waals surface area contributed by atoms with Gasteiger partial charge in [-0.2, -0.15) is 0 Å². The zero-order chi connectivity index (χ0) is 15.4. The fourth-order valence-corrected chi connectivity index (χ4v) is 2.88. The molecule has 0 aliphatic carbocycles. The van der Waals surface area contributed by atoms with Crippen LogP contribution in [0.2, 0.25) is 0 Å². The first kappa shape index (κ1) is 15.6. The van der Waals surface area contributed by atoms with Gasteiger partial charge in [0.15, 0.2) is 0 Å². The Morgan fingerprint density at radius 2 is 2.43 bits per heavy atom. The van der Waals surface area contributed by atoms with Gasteiger partial charge in [-0.05, 0) is 22.9 Å². The fourth-order valence-electron chi connectivity index (χ4n) is 2.33. The molecule has 114 valence electrons. The summed E-state index contributed by atoms with van der Waals surface area (Å²) in [4.78, 5) is 28.5. The van der Waals surface area contributed by atoms with Crippen molar-refractivity contribution in [2.24, 2.45) is 0 Å². The van der Waals surface area contributed by atoms with Crippen LogP contribution >= 0.6 is 15.9 Å². The van der Waals surface area contributed by atoms with Gasteiger partial charge in [0.1, 0.15) is 17.9 Å². The normalized spacial score (nSPS) is 18.4. The molecule has 1 unspecified atom stereocenters. The van der Waals surface area contributed by atoms with Crippen LogP contribution in [-0.2, 0) is 4.79 Å². The van der Waals surface area contributed by atoms with Gasteiger partial charge in [0.2, 0.25) is 5.91 Å². The number of carbonyl (C=O) groups is 1. The van der Waals surface area contributed by atoms with Crippen molar-refractivity contribution in [2.75, 3.05) is 31.1 Å². The van der Waals surface area contributed by atoms with Gasteiger partial charge in [0, 0.05) is 32.4 Å². The van der Waals surface area contributed by atoms with E-state index in [1.54, 1.807) is 4.90 Å². The lowest BCUT2D eigenvalue weighted by Crippen LogP contribution is -2.58. The van der Waals surface area contributed by atoms with Crippen molar-refractivity contribution in [3.8, 4) is 0 Å². The highest BCUT2D eigenvalue weighted by Crippen LogP contribution is 2.36. The number of hydrogen-bond donors (Lipinski definition) is 2. The van der Waals surface area contributed by atoms with E-state index in [-0.39, 0.29) is 11.6 Å². The smallest absolute Gasteiger partial charge is 0.311 e. The Bertz CT molecular complexity index is 554. The molecular weight excluding hydrogens is 342 g/mol. The number of amides is 1. The van der Waals surface area contributed by atoms with Crippen molar-refractivity contribution in [3.63, 3.8) is 0 Å². The van der Waals surface area contributed by atoms with E-state index in [4.69, 9.17) is 0 Å². The number of halogens is 1. The monoisotopic (exact) mass is 357 g/mol. The molecule has 9 heteroatoms. The molecule has 1 aliphatic rings. The molecule has 0 saturated carbocycles. The number of anilines is 1. The second-order valence-corrected chi connectivity index (χ2v) is 5.41. The third-order valence-electron chi connectivity index (χ3n) is 3.23. The second-order valence-electron chi connectivity index (χ2n) is 4.55. The van der Waals surface area contributed by atoms with E-state index < -0.39 is 11.0 Å². The Balaban J connectivity index is 2.42. The molecule has 0 spiro atoms. The maximum Gasteiger partial charge on any atom is 0.311 e. The topological polar surface area (TPSA) is 100 Å². The van der Waals surface area contributed by atoms with E-state index in [0.717, 1.165) is 0 Å². The lowest BCUT2D eigenvalue weighted by molar-refractivity contribution is -0.384. The summed E-state index contributed by atoms with van der Waals surface area (Å²) in [5.74, 6) is -0.150. The summed E-state index contributed by atoms with van der Waals surface area (Å²) in [6.45, 7) is 3.96. The number of hydrogen-bond acceptors (Lipinski definition) is 6. The van der Waals surface area contributed by atoms with Crippen LogP contribution < -0.4 is 15.5 Å². The molecule has 1 saturated heterocycles. The number of nitro groups is 1. The molecule has 1 amide bonds. The standard InChI is InChI=1S/C12H16BrN5O3/c1-2-16-12(19)10-7-14-3-4-17(10)11-8(13)5-15-6-9(11)18(20)21/h5-6,10,14H,2-4,7H2,1H3,(H,16,19). The number of likely N-dealkylation sites (N-methyl/N-ethyl adjacent to an activating group) is 1. The zero-order valence-electron chi connectivity index (χ0n) is 11.5. The Morgan fingerprint density at radius 3 is 3.10 bits per heavy atom. The summed E-state index contributed by atoms with van der Waals surface area (Å²) in [6, 6.07) is -0.490. The average molecular weight is 358 g/mol. The first-order valence-corrected chi connectivity index (χ1v) is 7.38. The van der Waals surface area contributed by atoms with E-state index in [2.05, 4.69) is 31.5 Å². The molecule has 2 N–H and O–H groups in total. The fraction of sp³-hybridized carbons (Fsp3) is 0.500. The molecule has 1 aromatic rings. The molecule has 2 heterocycles. The predicted molar refractivity (Wildman–Crippen MR) is 81.3 cm³/mol. The van der Waals surface area contributed by atoms with E-state index >= 15 is 0 Å². The Labute approximate surface area is 130 Å². The number of aromatic nitrogens is 1. The van der Waals surface area contributed by atoms with Crippen LogP contribution in [0, 0.1) is 10.1 Å². The summed E-state index contributed by atoms with van der Waals surface area (Å²) in [5, 5.41) is 17.1. The SMILES string of the molecule is CCNC(=O)C1CNCCN1c1c(Br)cncc1[N+](=O)[O-]. The maximum absolute atomic E-state index is 12.2. The summed E-state index contributed by atoms with van der Waals surface area (Å²) < 4.78 is 0.507. The zero-order valence-corrected chi connectivity index (χ0v) is 13.1. The summed E-state index contributed by atoms with van der Waals surface area (Å²) in [6.07, 6.45) is 2.70. The molecule has 0 bridgehead atoms. The molecule has 1 fully saturated rings. The van der Waals surface area contributed by atoms with Gasteiger partial charge in [-0.25, -0.2) is 0 Å². The molecule has 2 rings (SSSR count). The van der Waals surface area contributed by atoms with Gasteiger partial charge in [-0.1, -0.05) is 0 Å². The second kappa shape index (κ2) is 6.81. The van der Waals surface area contributed by atoms with Gasteiger partial charge in [0.05, 0.1) is 9.40 Å². The molecule has 1 aliphatic heterocycles. The van der Waals surface area contributed by atoms with Gasteiger partial charge < -0.3 is 15.5 Å². The number of nitrogens with one attached hydrogen (secondary N) is 2. The van der Waals surface area contributed by atoms with Crippen LogP contribution in [0.15, 0.2) is 16.9 Å². The van der Waals surface area contributed by atoms with Crippen molar-refractivity contribution in [1.29, 1.82) is 0 Å². The van der Waals surface area contributed by atoms with Crippen molar-refractivity contribution >= 4 is 33.2 Å². The van der Waals surface area contributed by atoms with Crippen LogP contribution in [0.1, 0.15) is 6.92 Å². The summed E-state index contributed by atoms with van der Waals surface area (Å²) >= 11 is 3.31. The lowest BCUT2D eigenvalue weighted by atomic mass is 10.1. The number of carbonyl (C=O) groups excluding carboxylic acids is 1. The Hall–Kier alpha value is -1.74. The van der Waals surface area contributed by atoms with Crippen LogP contribution in [0.3, 0.4) is 0 Å². The van der Waals surface area contributed by atoms with Gasteiger partial charge in [-0.15, -0.1) is 0 Å². The Kier molecular flexibility index (Phi) is 5.07. The van der Waals surface area contributed by atoms with Crippen LogP contribution in [0.4, 0.5) is 11.4 Å². The van der Waals surface area contributed by atoms with Crippen LogP contribution in [0.25, 0.3) is 0 Å². The van der Waals surface area contributed by atoms with Crippen LogP contribution in [0.5, 0.6) is 0 Å². The average Bonchev–Trinajstić information content (AvgIpc) is 2.47. The maximum atomic E-state index is 12.2. The summed E-state index contributed by atoms with van der Waals surface area (Å²) in [5.41, 5.74) is 0.285. The minimum atomic E-state index is -0.490. The minimum absolute atomic E-state index is 0.111. The van der Waals surface area contributed by atoms with Crippen molar-refractivity contribution in [2.45, 2.75) is 13.0 Å². The predicted octanol–water partition coefficient (Wildman–Crippen LogP) is 0.667. The van der Waals surface area contributed by atoms with Crippen LogP contribution in [-0.4, -0.2) is 48.0 Å². The van der Waals surface area contributed by atoms with Gasteiger partial charge in [0.25, 0.3) is 0 Å². The largest absolute Gasteiger partial charge is 0.355 e. The molecule has 1 aromatic heterocycles. The molecule has 8 nitrogen and oxygen atoms in total. The van der Waals surface area contributed by atoms with Crippen molar-refractivity contribution in [3.05, 3.63) is 27.0 Å². The first-order valence-electron chi connectivity index (χ1n) is 6.59. The first-order chi connectivity index (χ1) is 10.1. The highest BCUT2D eigenvalue weighted by atomic mass is 79.9. The van der Waals surface area contributed by atoms with E-state index in [0.29, 0.717) is 36.3 Å². The van der Waals surface area contributed by atoms with E-state index in [9.17, 15) is 14.9 Å². The molecule has 21 heavy (non-hydrogen) atoms. The van der Waals surface area contributed by atoms with Crippen molar-refractivity contribution in [1.82, 2.24) is 15.6 Å². The van der Waals surface area contributed by atoms with Crippen molar-refractivity contribution < 1.29 is 9.72 Å². The van der Waals surface area contributed by atoms with Gasteiger partial charge >= 0.3 is 5.69 Å². The molecular formula is C12H16BrN5O3. The van der Waals surface area contributed by atoms with E-state index in [1.165, 1.54) is 12.4 Å². The van der Waals surface area contributed by atoms with Gasteiger partial charge in [-0.3, -0.25) is 19.9 Å². The number of piperazine rings is 1. The molecule has 0 radical (unpaired) electrons. The van der Waals surface area contributed by atoms with E-state index in [1.807, 2.05) is 6.92 Å². The Morgan fingerprint density at radius 1 is 1.67 bits per heavy atom. The molecule has 0 aromatic carbocycles. The molecule has 1 atom stereocenters. The number of pyridine rings is 1. The highest BCUT2D eigenvalue weighted by Gasteiger charge is 2.34. The minimum Gasteiger partial charge on any atom is -0.355 e. The summed E-state index contributed by atoms with van der Waals surface area (Å²) in [7, 11) is 0. The number of rotatable bonds is 4. The lowest BCUT2D eigenvalue weighted by Gasteiger charge is -2.36. The number of nitrogens with zero attached hydrogens (tertiary/aromatic N) is 3. The quantitative estimate of drug-likeness (QED) is 0.606. The highest BCUT2D eigenvalue weighted by molar-refractivity contribution is 9.10.